The van der Waals surface area contributed by atoms with E-state index in [1.807, 2.05) is 18.2 Å². The van der Waals surface area contributed by atoms with Gasteiger partial charge < -0.3 is 4.42 Å². The van der Waals surface area contributed by atoms with Gasteiger partial charge in [-0.25, -0.2) is 0 Å². The van der Waals surface area contributed by atoms with Crippen molar-refractivity contribution >= 4 is 65.0 Å². The van der Waals surface area contributed by atoms with Crippen LogP contribution in [0.3, 0.4) is 0 Å². The Morgan fingerprint density at radius 3 is 1.82 bits per heavy atom. The molecule has 1 aromatic heterocycles. The maximum Gasteiger partial charge on any atom is 0.143 e. The average molecular weight is 572 g/mol. The molecule has 0 aliphatic rings. The first-order chi connectivity index (χ1) is 22.7. The molecule has 0 aliphatic carbocycles. The molecule has 0 saturated carbocycles. The Morgan fingerprint density at radius 2 is 0.956 bits per heavy atom. The Balaban J connectivity index is 1.18. The summed E-state index contributed by atoms with van der Waals surface area (Å²) in [6.07, 6.45) is 0. The molecule has 10 aromatic rings. The smallest absolute Gasteiger partial charge is 0.143 e. The molecule has 9 aromatic carbocycles. The summed E-state index contributed by atoms with van der Waals surface area (Å²) in [5.41, 5.74) is 8.63. The number of fused-ring (bicyclic) bond motifs is 4. The highest BCUT2D eigenvalue weighted by molar-refractivity contribution is 6.28. The van der Waals surface area contributed by atoms with E-state index in [0.717, 1.165) is 49.2 Å². The van der Waals surface area contributed by atoms with E-state index in [9.17, 15) is 0 Å². The van der Waals surface area contributed by atoms with E-state index in [2.05, 4.69) is 133 Å². The summed E-state index contributed by atoms with van der Waals surface area (Å²) in [5.74, 6) is 0. The first kappa shape index (κ1) is 23.5. The summed E-state index contributed by atoms with van der Waals surface area (Å²) in [5, 5.41) is 11.6. The lowest BCUT2D eigenvalue weighted by Gasteiger charge is -2.17. The van der Waals surface area contributed by atoms with Crippen LogP contribution in [0.15, 0.2) is 162 Å². The minimum absolute atomic E-state index is 0.523. The second-order valence-corrected chi connectivity index (χ2v) is 11.9. The van der Waals surface area contributed by atoms with Gasteiger partial charge in [-0.3, -0.25) is 0 Å². The Bertz CT molecular complexity index is 2800. The predicted molar refractivity (Wildman–Crippen MR) is 191 cm³/mol. The molecule has 0 N–H and O–H groups in total. The van der Waals surface area contributed by atoms with E-state index in [1.165, 1.54) is 49.2 Å². The molecule has 0 radical (unpaired) electrons. The van der Waals surface area contributed by atoms with Gasteiger partial charge in [-0.1, -0.05) is 152 Å². The fraction of sp³-hybridized carbons (Fsp3) is 0. The summed E-state index contributed by atoms with van der Waals surface area (Å²) in [4.78, 5) is 0. The van der Waals surface area contributed by atoms with Crippen molar-refractivity contribution in [1.29, 1.82) is 0 Å². The Morgan fingerprint density at radius 1 is 0.356 bits per heavy atom. The van der Waals surface area contributed by atoms with Gasteiger partial charge in [-0.05, 0) is 77.0 Å². The van der Waals surface area contributed by atoms with Gasteiger partial charge in [0.1, 0.15) is 11.2 Å². The standard InChI is InChI=1S/C44H26O/c1-2-9-32-27(7-1)8-5-11-33(32)28-15-17-29(18-16-28)34-23-19-30-22-26-38-35(24-20-31-21-25-37(34)42(30)43(31)38)39-12-6-13-40-36-10-3-4-14-41(36)45-44(39)40/h1-26H/i20D. The maximum atomic E-state index is 9.16. The number of rotatable bonds is 3. The third-order valence-corrected chi connectivity index (χ3v) is 9.57. The van der Waals surface area contributed by atoms with Crippen molar-refractivity contribution in [1.82, 2.24) is 0 Å². The van der Waals surface area contributed by atoms with Crippen molar-refractivity contribution in [3.05, 3.63) is 158 Å². The number of benzene rings is 9. The molecule has 0 spiro atoms. The largest absolute Gasteiger partial charge is 0.455 e. The number of furan rings is 1. The normalized spacial score (nSPS) is 12.3. The van der Waals surface area contributed by atoms with E-state index in [0.29, 0.717) is 6.04 Å². The third-order valence-electron chi connectivity index (χ3n) is 9.57. The molecule has 0 unspecified atom stereocenters. The first-order valence-electron chi connectivity index (χ1n) is 15.9. The van der Waals surface area contributed by atoms with Crippen LogP contribution in [-0.2, 0) is 0 Å². The molecule has 0 fully saturated rings. The Hall–Kier alpha value is -5.92. The minimum atomic E-state index is 0.523. The molecule has 0 bridgehead atoms. The Labute approximate surface area is 261 Å². The maximum absolute atomic E-state index is 9.16. The van der Waals surface area contributed by atoms with Crippen LogP contribution >= 0.6 is 0 Å². The molecule has 10 rings (SSSR count). The third kappa shape index (κ3) is 3.56. The molecule has 0 atom stereocenters. The van der Waals surface area contributed by atoms with Crippen molar-refractivity contribution in [2.75, 3.05) is 0 Å². The predicted octanol–water partition coefficient (Wildman–Crippen LogP) is 12.6. The molecule has 0 saturated heterocycles. The molecule has 0 amide bonds. The number of hydrogen-bond donors (Lipinski definition) is 0. The van der Waals surface area contributed by atoms with Gasteiger partial charge in [0.15, 0.2) is 0 Å². The molecule has 1 heteroatoms. The number of hydrogen-bond acceptors (Lipinski definition) is 1. The van der Waals surface area contributed by atoms with E-state index < -0.39 is 0 Å². The topological polar surface area (TPSA) is 13.1 Å². The zero-order chi connectivity index (χ0) is 30.4. The van der Waals surface area contributed by atoms with Crippen molar-refractivity contribution in [2.24, 2.45) is 0 Å². The van der Waals surface area contributed by atoms with Crippen molar-refractivity contribution in [3.63, 3.8) is 0 Å². The van der Waals surface area contributed by atoms with E-state index >= 15 is 0 Å². The molecule has 0 aliphatic heterocycles. The molecule has 1 heterocycles. The quantitative estimate of drug-likeness (QED) is 0.192. The van der Waals surface area contributed by atoms with E-state index in [1.54, 1.807) is 0 Å². The molecule has 1 nitrogen and oxygen atoms in total. The van der Waals surface area contributed by atoms with Gasteiger partial charge in [0, 0.05) is 16.3 Å². The van der Waals surface area contributed by atoms with Crippen LogP contribution < -0.4 is 0 Å². The summed E-state index contributed by atoms with van der Waals surface area (Å²) >= 11 is 0. The zero-order valence-corrected chi connectivity index (χ0v) is 24.3. The van der Waals surface area contributed by atoms with Crippen LogP contribution in [0, 0.1) is 0 Å². The molecular formula is C44H26O. The first-order valence-corrected chi connectivity index (χ1v) is 15.4. The number of para-hydroxylation sites is 2. The Kier molecular flexibility index (Phi) is 4.86. The van der Waals surface area contributed by atoms with Gasteiger partial charge >= 0.3 is 0 Å². The van der Waals surface area contributed by atoms with Crippen molar-refractivity contribution in [2.45, 2.75) is 0 Å². The highest BCUT2D eigenvalue weighted by Gasteiger charge is 2.18. The summed E-state index contributed by atoms with van der Waals surface area (Å²) < 4.78 is 15.6. The fourth-order valence-corrected chi connectivity index (χ4v) is 7.46. The average Bonchev–Trinajstić information content (AvgIpc) is 3.50. The van der Waals surface area contributed by atoms with Crippen LogP contribution in [0.25, 0.3) is 98.4 Å². The zero-order valence-electron chi connectivity index (χ0n) is 25.3. The lowest BCUT2D eigenvalue weighted by atomic mass is 9.87. The second kappa shape index (κ2) is 9.29. The monoisotopic (exact) mass is 571 g/mol. The lowest BCUT2D eigenvalue weighted by Crippen LogP contribution is -1.90. The van der Waals surface area contributed by atoms with Crippen molar-refractivity contribution in [3.8, 4) is 33.4 Å². The second-order valence-electron chi connectivity index (χ2n) is 11.9. The van der Waals surface area contributed by atoms with Gasteiger partial charge in [-0.2, -0.15) is 0 Å². The lowest BCUT2D eigenvalue weighted by molar-refractivity contribution is 0.670. The van der Waals surface area contributed by atoms with E-state index in [4.69, 9.17) is 5.79 Å². The van der Waals surface area contributed by atoms with Crippen LogP contribution in [0.5, 0.6) is 0 Å². The summed E-state index contributed by atoms with van der Waals surface area (Å²) in [6, 6.07) is 54.4. The molecule has 208 valence electrons. The van der Waals surface area contributed by atoms with E-state index in [-0.39, 0.29) is 0 Å². The highest BCUT2D eigenvalue weighted by atomic mass is 16.3. The van der Waals surface area contributed by atoms with Crippen LogP contribution in [0.2, 0.25) is 0 Å². The summed E-state index contributed by atoms with van der Waals surface area (Å²) in [7, 11) is 0. The van der Waals surface area contributed by atoms with Gasteiger partial charge in [0.2, 0.25) is 0 Å². The minimum Gasteiger partial charge on any atom is -0.455 e. The van der Waals surface area contributed by atoms with Gasteiger partial charge in [-0.15, -0.1) is 0 Å². The van der Waals surface area contributed by atoms with Crippen molar-refractivity contribution < 1.29 is 5.79 Å². The van der Waals surface area contributed by atoms with Crippen LogP contribution in [-0.4, -0.2) is 0 Å². The highest BCUT2D eigenvalue weighted by Crippen LogP contribution is 2.44. The molecule has 45 heavy (non-hydrogen) atoms. The molecular weight excluding hydrogens is 544 g/mol. The van der Waals surface area contributed by atoms with Gasteiger partial charge in [0.05, 0.1) is 1.37 Å². The summed E-state index contributed by atoms with van der Waals surface area (Å²) in [6.45, 7) is 0. The van der Waals surface area contributed by atoms with Gasteiger partial charge in [0.25, 0.3) is 0 Å². The fourth-order valence-electron chi connectivity index (χ4n) is 7.46. The van der Waals surface area contributed by atoms with Crippen LogP contribution in [0.1, 0.15) is 1.37 Å². The SMILES string of the molecule is [2H]c1cc(-c2cccc3c2oc2ccccc23)c2ccc3ccc(-c4ccc(-c5cccc6ccccc56)cc4)c4ccc1c2c34. The van der Waals surface area contributed by atoms with Crippen LogP contribution in [0.4, 0.5) is 0 Å².